The number of aromatic nitrogens is 1. The molecule has 1 aliphatic rings. The molecule has 2 heterocycles. The van der Waals surface area contributed by atoms with E-state index in [1.54, 1.807) is 0 Å². The minimum Gasteiger partial charge on any atom is -0.297 e. The smallest absolute Gasteiger partial charge is 0.267 e. The van der Waals surface area contributed by atoms with Crippen LogP contribution < -0.4 is 5.32 Å². The van der Waals surface area contributed by atoms with Crippen molar-refractivity contribution in [2.24, 2.45) is 0 Å². The fourth-order valence-corrected chi connectivity index (χ4v) is 4.16. The Balaban J connectivity index is 1.52. The van der Waals surface area contributed by atoms with Gasteiger partial charge in [0.1, 0.15) is 0 Å². The van der Waals surface area contributed by atoms with Crippen molar-refractivity contribution in [3.63, 3.8) is 0 Å². The molecule has 5 heteroatoms. The van der Waals surface area contributed by atoms with Gasteiger partial charge in [-0.15, -0.1) is 22.7 Å². The Morgan fingerprint density at radius 2 is 1.96 bits per heavy atom. The molecule has 1 aliphatic carbocycles. The van der Waals surface area contributed by atoms with Gasteiger partial charge in [-0.25, -0.2) is 4.98 Å². The first-order valence-corrected chi connectivity index (χ1v) is 9.38. The molecule has 0 bridgehead atoms. The van der Waals surface area contributed by atoms with Crippen LogP contribution in [0, 0.1) is 6.92 Å². The number of anilines is 1. The Hall–Kier alpha value is -1.98. The first-order chi connectivity index (χ1) is 11.2. The number of amides is 1. The molecular formula is C18H16N2OS2. The molecule has 0 atom stereocenters. The minimum absolute atomic E-state index is 0.0355. The number of hydrogen-bond donors (Lipinski definition) is 1. The third-order valence-corrected chi connectivity index (χ3v) is 5.68. The summed E-state index contributed by atoms with van der Waals surface area (Å²) in [5, 5.41) is 7.59. The van der Waals surface area contributed by atoms with Crippen LogP contribution in [0.2, 0.25) is 0 Å². The monoisotopic (exact) mass is 340 g/mol. The summed E-state index contributed by atoms with van der Waals surface area (Å²) in [4.78, 5) is 17.9. The third kappa shape index (κ3) is 3.07. The third-order valence-electron chi connectivity index (χ3n) is 3.99. The van der Waals surface area contributed by atoms with E-state index in [1.165, 1.54) is 46.6 Å². The van der Waals surface area contributed by atoms with E-state index >= 15 is 0 Å². The second kappa shape index (κ2) is 5.91. The Kier molecular flexibility index (Phi) is 3.75. The molecule has 4 rings (SSSR count). The summed E-state index contributed by atoms with van der Waals surface area (Å²) in [6, 6.07) is 10.3. The van der Waals surface area contributed by atoms with E-state index < -0.39 is 0 Å². The topological polar surface area (TPSA) is 42.0 Å². The summed E-state index contributed by atoms with van der Waals surface area (Å²) < 4.78 is 0. The zero-order chi connectivity index (χ0) is 15.8. The van der Waals surface area contributed by atoms with Crippen LogP contribution in [0.5, 0.6) is 0 Å². The molecule has 2 aromatic heterocycles. The molecule has 1 aromatic carbocycles. The van der Waals surface area contributed by atoms with Crippen molar-refractivity contribution >= 4 is 33.7 Å². The molecule has 0 spiro atoms. The number of rotatable bonds is 4. The lowest BCUT2D eigenvalue weighted by atomic mass is 10.1. The highest BCUT2D eigenvalue weighted by Crippen LogP contribution is 2.43. The maximum atomic E-state index is 12.5. The molecule has 0 aliphatic heterocycles. The summed E-state index contributed by atoms with van der Waals surface area (Å²) in [6.45, 7) is 2.06. The zero-order valence-electron chi connectivity index (χ0n) is 12.7. The highest BCUT2D eigenvalue weighted by molar-refractivity contribution is 7.14. The fourth-order valence-electron chi connectivity index (χ4n) is 2.56. The maximum Gasteiger partial charge on any atom is 0.267 e. The van der Waals surface area contributed by atoms with Gasteiger partial charge < -0.3 is 0 Å². The first kappa shape index (κ1) is 14.6. The van der Waals surface area contributed by atoms with Crippen LogP contribution in [0.15, 0.2) is 41.1 Å². The van der Waals surface area contributed by atoms with Gasteiger partial charge in [-0.3, -0.25) is 10.1 Å². The minimum atomic E-state index is -0.0355. The maximum absolute atomic E-state index is 12.5. The van der Waals surface area contributed by atoms with Crippen LogP contribution in [0.1, 0.15) is 39.6 Å². The van der Waals surface area contributed by atoms with E-state index in [2.05, 4.69) is 47.6 Å². The largest absolute Gasteiger partial charge is 0.297 e. The van der Waals surface area contributed by atoms with E-state index in [0.717, 1.165) is 16.1 Å². The van der Waals surface area contributed by atoms with Gasteiger partial charge in [0.2, 0.25) is 0 Å². The molecule has 0 unspecified atom stereocenters. The average Bonchev–Trinajstić information content (AvgIpc) is 3.09. The number of thiophene rings is 1. The van der Waals surface area contributed by atoms with E-state index in [0.29, 0.717) is 11.0 Å². The number of aryl methyl sites for hydroxylation is 1. The molecule has 116 valence electrons. The Morgan fingerprint density at radius 3 is 2.70 bits per heavy atom. The lowest BCUT2D eigenvalue weighted by Crippen LogP contribution is -2.11. The summed E-state index contributed by atoms with van der Waals surface area (Å²) in [5.74, 6) is 0.549. The molecule has 0 saturated heterocycles. The standard InChI is InChI=1S/C18H16N2OS2/c1-11-2-4-13(5-3-11)15-10-23-18(19-15)20-17(21)16-14(8-9-22-16)12-6-7-12/h2-5,8-10,12H,6-7H2,1H3,(H,19,20,21). The van der Waals surface area contributed by atoms with Gasteiger partial charge in [-0.05, 0) is 42.7 Å². The number of nitrogens with one attached hydrogen (secondary N) is 1. The van der Waals surface area contributed by atoms with E-state index in [4.69, 9.17) is 0 Å². The van der Waals surface area contributed by atoms with Crippen molar-refractivity contribution < 1.29 is 4.79 Å². The molecule has 1 N–H and O–H groups in total. The highest BCUT2D eigenvalue weighted by atomic mass is 32.1. The van der Waals surface area contributed by atoms with Gasteiger partial charge in [0, 0.05) is 10.9 Å². The predicted molar refractivity (Wildman–Crippen MR) is 96.5 cm³/mol. The molecule has 1 saturated carbocycles. The van der Waals surface area contributed by atoms with Crippen LogP contribution >= 0.6 is 22.7 Å². The second-order valence-electron chi connectivity index (χ2n) is 5.84. The van der Waals surface area contributed by atoms with E-state index in [-0.39, 0.29) is 5.91 Å². The quantitative estimate of drug-likeness (QED) is 0.699. The molecule has 3 nitrogen and oxygen atoms in total. The predicted octanol–water partition coefficient (Wildman–Crippen LogP) is 5.31. The van der Waals surface area contributed by atoms with Crippen molar-refractivity contribution in [2.45, 2.75) is 25.7 Å². The van der Waals surface area contributed by atoms with Crippen molar-refractivity contribution in [3.05, 3.63) is 57.1 Å². The number of nitrogens with zero attached hydrogens (tertiary/aromatic N) is 1. The number of benzene rings is 1. The van der Waals surface area contributed by atoms with Gasteiger partial charge in [0.05, 0.1) is 10.6 Å². The number of thiazole rings is 1. The van der Waals surface area contributed by atoms with Gasteiger partial charge in [0.25, 0.3) is 5.91 Å². The van der Waals surface area contributed by atoms with Crippen LogP contribution in [0.3, 0.4) is 0 Å². The molecule has 23 heavy (non-hydrogen) atoms. The molecule has 0 radical (unpaired) electrons. The SMILES string of the molecule is Cc1ccc(-c2csc(NC(=O)c3sccc3C3CC3)n2)cc1. The van der Waals surface area contributed by atoms with Crippen molar-refractivity contribution in [1.29, 1.82) is 0 Å². The van der Waals surface area contributed by atoms with Gasteiger partial charge in [0.15, 0.2) is 5.13 Å². The summed E-state index contributed by atoms with van der Waals surface area (Å²) in [5.41, 5.74) is 4.40. The number of carbonyl (C=O) groups excluding carboxylic acids is 1. The average molecular weight is 340 g/mol. The van der Waals surface area contributed by atoms with Gasteiger partial charge in [-0.1, -0.05) is 29.8 Å². The van der Waals surface area contributed by atoms with Crippen molar-refractivity contribution in [3.8, 4) is 11.3 Å². The van der Waals surface area contributed by atoms with Gasteiger partial charge >= 0.3 is 0 Å². The highest BCUT2D eigenvalue weighted by Gasteiger charge is 2.29. The number of hydrogen-bond acceptors (Lipinski definition) is 4. The summed E-state index contributed by atoms with van der Waals surface area (Å²) >= 11 is 2.98. The second-order valence-corrected chi connectivity index (χ2v) is 7.61. The molecule has 3 aromatic rings. The summed E-state index contributed by atoms with van der Waals surface area (Å²) in [7, 11) is 0. The Bertz CT molecular complexity index is 844. The number of carbonyl (C=O) groups is 1. The van der Waals surface area contributed by atoms with Gasteiger partial charge in [-0.2, -0.15) is 0 Å². The van der Waals surface area contributed by atoms with Crippen LogP contribution in [-0.2, 0) is 0 Å². The molecule has 1 fully saturated rings. The van der Waals surface area contributed by atoms with Crippen LogP contribution in [0.25, 0.3) is 11.3 Å². The lowest BCUT2D eigenvalue weighted by Gasteiger charge is -2.02. The first-order valence-electron chi connectivity index (χ1n) is 7.62. The van der Waals surface area contributed by atoms with Crippen molar-refractivity contribution in [1.82, 2.24) is 4.98 Å². The summed E-state index contributed by atoms with van der Waals surface area (Å²) in [6.07, 6.45) is 2.40. The Morgan fingerprint density at radius 1 is 1.17 bits per heavy atom. The van der Waals surface area contributed by atoms with E-state index in [1.807, 2.05) is 10.8 Å². The van der Waals surface area contributed by atoms with Crippen molar-refractivity contribution in [2.75, 3.05) is 5.32 Å². The lowest BCUT2D eigenvalue weighted by molar-refractivity contribution is 0.102. The molecular weight excluding hydrogens is 324 g/mol. The Labute approximate surface area is 143 Å². The fraction of sp³-hybridized carbons (Fsp3) is 0.222. The van der Waals surface area contributed by atoms with Crippen LogP contribution in [0.4, 0.5) is 5.13 Å². The molecule has 1 amide bonds. The van der Waals surface area contributed by atoms with E-state index in [9.17, 15) is 4.79 Å². The zero-order valence-corrected chi connectivity index (χ0v) is 14.3. The normalized spacial score (nSPS) is 14.0. The van der Waals surface area contributed by atoms with Crippen LogP contribution in [-0.4, -0.2) is 10.9 Å².